The second-order valence-electron chi connectivity index (χ2n) is 10.1. The number of hydrogen-bond acceptors (Lipinski definition) is 5. The van der Waals surface area contributed by atoms with Gasteiger partial charge in [0.1, 0.15) is 11.9 Å². The molecule has 38 heavy (non-hydrogen) atoms. The van der Waals surface area contributed by atoms with Crippen LogP contribution < -0.4 is 10.1 Å². The molecule has 0 aliphatic carbocycles. The summed E-state index contributed by atoms with van der Waals surface area (Å²) in [7, 11) is 0. The number of likely N-dealkylation sites (tertiary alicyclic amines) is 2. The van der Waals surface area contributed by atoms with Crippen LogP contribution in [0.1, 0.15) is 35.2 Å². The van der Waals surface area contributed by atoms with Gasteiger partial charge in [-0.1, -0.05) is 47.5 Å². The molecule has 0 saturated carbocycles. The van der Waals surface area contributed by atoms with Crippen LogP contribution in [0.3, 0.4) is 0 Å². The number of hydrogen-bond donors (Lipinski definition) is 1. The normalized spacial score (nSPS) is 16.4. The van der Waals surface area contributed by atoms with E-state index in [4.69, 9.17) is 27.9 Å². The van der Waals surface area contributed by atoms with Gasteiger partial charge in [0.15, 0.2) is 0 Å². The van der Waals surface area contributed by atoms with Crippen LogP contribution in [0.15, 0.2) is 60.9 Å². The Morgan fingerprint density at radius 2 is 1.79 bits per heavy atom. The van der Waals surface area contributed by atoms with Crippen LogP contribution in [0.5, 0.6) is 5.75 Å². The molecule has 2 fully saturated rings. The van der Waals surface area contributed by atoms with Gasteiger partial charge >= 0.3 is 0 Å². The molecule has 0 atom stereocenters. The maximum absolute atomic E-state index is 12.8. The highest BCUT2D eigenvalue weighted by molar-refractivity contribution is 6.42. The van der Waals surface area contributed by atoms with E-state index in [0.29, 0.717) is 22.2 Å². The van der Waals surface area contributed by atoms with Crippen molar-refractivity contribution in [3.05, 3.63) is 82.1 Å². The molecule has 1 N–H and O–H groups in total. The number of rotatable bonds is 11. The van der Waals surface area contributed by atoms with Crippen LogP contribution in [0.4, 0.5) is 0 Å². The molecule has 5 rings (SSSR count). The third-order valence-corrected chi connectivity index (χ3v) is 7.99. The van der Waals surface area contributed by atoms with Crippen molar-refractivity contribution >= 4 is 29.1 Å². The Hall–Kier alpha value is -2.64. The fraction of sp³-hybridized carbons (Fsp3) is 0.400. The molecule has 6 nitrogen and oxygen atoms in total. The number of nitrogens with one attached hydrogen (secondary N) is 1. The number of nitrogens with zero attached hydrogens (tertiary/aromatic N) is 3. The fourth-order valence-electron chi connectivity index (χ4n) is 5.07. The van der Waals surface area contributed by atoms with Gasteiger partial charge in [-0.25, -0.2) is 0 Å². The Labute approximate surface area is 234 Å². The minimum atomic E-state index is -0.0872. The third kappa shape index (κ3) is 7.06. The van der Waals surface area contributed by atoms with E-state index in [1.807, 2.05) is 48.5 Å². The molecule has 2 aliphatic heterocycles. The van der Waals surface area contributed by atoms with Gasteiger partial charge in [0.2, 0.25) is 0 Å². The summed E-state index contributed by atoms with van der Waals surface area (Å²) in [5, 5.41) is 4.23. The van der Waals surface area contributed by atoms with Gasteiger partial charge in [-0.15, -0.1) is 0 Å². The van der Waals surface area contributed by atoms with Crippen LogP contribution in [0.25, 0.3) is 11.1 Å². The molecule has 1 amide bonds. The van der Waals surface area contributed by atoms with E-state index in [0.717, 1.165) is 55.9 Å². The van der Waals surface area contributed by atoms with Gasteiger partial charge in [-0.3, -0.25) is 14.7 Å². The zero-order chi connectivity index (χ0) is 26.3. The lowest BCUT2D eigenvalue weighted by atomic mass is 10.0. The molecule has 1 aromatic heterocycles. The number of carbonyl (C=O) groups excluding carboxylic acids is 1. The summed E-state index contributed by atoms with van der Waals surface area (Å²) in [6.45, 7) is 6.75. The largest absolute Gasteiger partial charge is 0.487 e. The van der Waals surface area contributed by atoms with E-state index in [-0.39, 0.29) is 12.0 Å². The summed E-state index contributed by atoms with van der Waals surface area (Å²) in [6.07, 6.45) is 7.99. The smallest absolute Gasteiger partial charge is 0.252 e. The lowest BCUT2D eigenvalue weighted by Crippen LogP contribution is -2.54. The van der Waals surface area contributed by atoms with Gasteiger partial charge in [0.25, 0.3) is 5.91 Å². The maximum atomic E-state index is 12.8. The Bertz CT molecular complexity index is 1240. The van der Waals surface area contributed by atoms with E-state index < -0.39 is 0 Å². The molecule has 0 radical (unpaired) electrons. The lowest BCUT2D eigenvalue weighted by Gasteiger charge is -2.39. The van der Waals surface area contributed by atoms with E-state index in [9.17, 15) is 4.79 Å². The molecule has 2 aliphatic rings. The molecule has 0 spiro atoms. The molecular formula is C30H34Cl2N4O2. The standard InChI is InChI=1S/C30H34Cl2N4O2/c31-27-9-8-22(16-28(27)32)10-15-36-20-25(21-36)38-29-7-2-1-6-26(29)23-17-24(19-33-18-23)30(37)34-11-5-14-35-12-3-4-13-35/h1-2,6-9,16-19,25H,3-5,10-15,20-21H2,(H,34,37). The Morgan fingerprint density at radius 3 is 2.61 bits per heavy atom. The van der Waals surface area contributed by atoms with Crippen molar-refractivity contribution in [1.82, 2.24) is 20.1 Å². The number of aromatic nitrogens is 1. The molecule has 8 heteroatoms. The van der Waals surface area contributed by atoms with Crippen molar-refractivity contribution in [1.29, 1.82) is 0 Å². The average molecular weight is 554 g/mol. The minimum Gasteiger partial charge on any atom is -0.487 e. The summed E-state index contributed by atoms with van der Waals surface area (Å²) in [6, 6.07) is 15.7. The quantitative estimate of drug-likeness (QED) is 0.315. The monoisotopic (exact) mass is 552 g/mol. The molecule has 2 aromatic carbocycles. The van der Waals surface area contributed by atoms with Crippen LogP contribution >= 0.6 is 23.2 Å². The van der Waals surface area contributed by atoms with Gasteiger partial charge in [-0.2, -0.15) is 0 Å². The third-order valence-electron chi connectivity index (χ3n) is 7.25. The second kappa shape index (κ2) is 12.9. The Morgan fingerprint density at radius 1 is 0.974 bits per heavy atom. The number of para-hydroxylation sites is 1. The summed E-state index contributed by atoms with van der Waals surface area (Å²) in [5.41, 5.74) is 3.56. The predicted octanol–water partition coefficient (Wildman–Crippen LogP) is 5.58. The molecule has 3 heterocycles. The fourth-order valence-corrected chi connectivity index (χ4v) is 5.39. The van der Waals surface area contributed by atoms with Crippen molar-refractivity contribution < 1.29 is 9.53 Å². The second-order valence-corrected chi connectivity index (χ2v) is 10.9. The summed E-state index contributed by atoms with van der Waals surface area (Å²) in [4.78, 5) is 21.9. The lowest BCUT2D eigenvalue weighted by molar-refractivity contribution is 0.0212. The number of carbonyl (C=O) groups is 1. The van der Waals surface area contributed by atoms with Crippen molar-refractivity contribution in [2.24, 2.45) is 0 Å². The van der Waals surface area contributed by atoms with Gasteiger partial charge in [0.05, 0.1) is 15.6 Å². The Kier molecular flexibility index (Phi) is 9.18. The summed E-state index contributed by atoms with van der Waals surface area (Å²) < 4.78 is 6.37. The zero-order valence-corrected chi connectivity index (χ0v) is 23.1. The van der Waals surface area contributed by atoms with Crippen molar-refractivity contribution in [3.8, 4) is 16.9 Å². The van der Waals surface area contributed by atoms with Crippen molar-refractivity contribution in [3.63, 3.8) is 0 Å². The van der Waals surface area contributed by atoms with Crippen LogP contribution in [0, 0.1) is 0 Å². The highest BCUT2D eigenvalue weighted by Gasteiger charge is 2.28. The number of benzene rings is 2. The number of halogens is 2. The van der Waals surface area contributed by atoms with Gasteiger partial charge in [-0.05, 0) is 75.1 Å². The van der Waals surface area contributed by atoms with Crippen molar-refractivity contribution in [2.75, 3.05) is 45.8 Å². The first-order valence-electron chi connectivity index (χ1n) is 13.4. The maximum Gasteiger partial charge on any atom is 0.252 e. The molecular weight excluding hydrogens is 519 g/mol. The molecule has 2 saturated heterocycles. The predicted molar refractivity (Wildman–Crippen MR) is 153 cm³/mol. The van der Waals surface area contributed by atoms with Gasteiger partial charge < -0.3 is 15.0 Å². The number of ether oxygens (including phenoxy) is 1. The number of pyridine rings is 1. The minimum absolute atomic E-state index is 0.0872. The first kappa shape index (κ1) is 26.9. The van der Waals surface area contributed by atoms with E-state index in [1.54, 1.807) is 12.4 Å². The van der Waals surface area contributed by atoms with E-state index >= 15 is 0 Å². The van der Waals surface area contributed by atoms with E-state index in [2.05, 4.69) is 20.1 Å². The number of amides is 1. The molecule has 3 aromatic rings. The van der Waals surface area contributed by atoms with Crippen LogP contribution in [0.2, 0.25) is 10.0 Å². The summed E-state index contributed by atoms with van der Waals surface area (Å²) >= 11 is 12.2. The van der Waals surface area contributed by atoms with Gasteiger partial charge in [0, 0.05) is 49.7 Å². The summed E-state index contributed by atoms with van der Waals surface area (Å²) in [5.74, 6) is 0.724. The zero-order valence-electron chi connectivity index (χ0n) is 21.5. The van der Waals surface area contributed by atoms with Crippen molar-refractivity contribution in [2.45, 2.75) is 31.8 Å². The topological polar surface area (TPSA) is 57.7 Å². The molecule has 0 unspecified atom stereocenters. The molecule has 0 bridgehead atoms. The first-order chi connectivity index (χ1) is 18.5. The highest BCUT2D eigenvalue weighted by atomic mass is 35.5. The molecule has 200 valence electrons. The highest BCUT2D eigenvalue weighted by Crippen LogP contribution is 2.32. The first-order valence-corrected chi connectivity index (χ1v) is 14.2. The van der Waals surface area contributed by atoms with Crippen LogP contribution in [-0.2, 0) is 6.42 Å². The van der Waals surface area contributed by atoms with Crippen LogP contribution in [-0.4, -0.2) is 72.6 Å². The average Bonchev–Trinajstić information content (AvgIpc) is 3.43. The van der Waals surface area contributed by atoms with E-state index in [1.165, 1.54) is 31.5 Å². The SMILES string of the molecule is O=C(NCCCN1CCCC1)c1cncc(-c2ccccc2OC2CN(CCc3ccc(Cl)c(Cl)c3)C2)c1. The Balaban J connectivity index is 1.12.